The first-order chi connectivity index (χ1) is 22.6. The zero-order chi connectivity index (χ0) is 33.8. The summed E-state index contributed by atoms with van der Waals surface area (Å²) in [5, 5.41) is 12.8. The van der Waals surface area contributed by atoms with Crippen LogP contribution in [0.5, 0.6) is 0 Å². The Morgan fingerprint density at radius 2 is 1.32 bits per heavy atom. The van der Waals surface area contributed by atoms with Gasteiger partial charge >= 0.3 is 0 Å². The third-order valence-electron chi connectivity index (χ3n) is 7.82. The van der Waals surface area contributed by atoms with Crippen molar-refractivity contribution in [2.75, 3.05) is 6.54 Å². The molecule has 12 heteroatoms. The van der Waals surface area contributed by atoms with Crippen LogP contribution in [0.15, 0.2) is 84.2 Å². The van der Waals surface area contributed by atoms with E-state index in [-0.39, 0.29) is 19.3 Å². The molecule has 4 atom stereocenters. The van der Waals surface area contributed by atoms with Gasteiger partial charge in [0.1, 0.15) is 18.1 Å². The summed E-state index contributed by atoms with van der Waals surface area (Å²) in [6, 6.07) is 20.2. The molecular weight excluding hydrogens is 636 g/mol. The minimum atomic E-state index is -1.10. The van der Waals surface area contributed by atoms with E-state index in [9.17, 15) is 19.2 Å². The minimum Gasteiger partial charge on any atom is -0.368 e. The number of benzene rings is 3. The molecule has 9 N–H and O–H groups in total. The summed E-state index contributed by atoms with van der Waals surface area (Å²) in [7, 11) is 0. The van der Waals surface area contributed by atoms with Gasteiger partial charge < -0.3 is 33.2 Å². The molecule has 0 aliphatic heterocycles. The maximum absolute atomic E-state index is 13.9. The van der Waals surface area contributed by atoms with Gasteiger partial charge in [0, 0.05) is 29.2 Å². The number of rotatable bonds is 17. The highest BCUT2D eigenvalue weighted by molar-refractivity contribution is 7.09. The topological polar surface area (TPSA) is 182 Å². The number of carbonyl (C=O) groups excluding carboxylic acids is 4. The predicted molar refractivity (Wildman–Crippen MR) is 187 cm³/mol. The lowest BCUT2D eigenvalue weighted by Gasteiger charge is -2.26. The first kappa shape index (κ1) is 35.6. The van der Waals surface area contributed by atoms with E-state index in [0.29, 0.717) is 24.4 Å². The standard InChI is InChI=1S/C35H41ClN6O4S/c36-26-14-11-22(12-15-26)19-30(41-33(44)28(38)9-3-4-16-37)35(46)42-31(20-23-10-13-24-6-1-2-7-25(24)18-23)34(45)40-29(32(39)43)21-27-8-5-17-47-27/h1-2,5-8,10-15,17-18,28-31H,3-4,9,16,19-21,37-38H2,(H2,39,43)(H,40,45)(H,41,44)(H,42,46)/t28?,29-,30?,31?/m0/s1. The fourth-order valence-corrected chi connectivity index (χ4v) is 6.07. The number of halogens is 1. The van der Waals surface area contributed by atoms with Crippen LogP contribution in [0.25, 0.3) is 10.8 Å². The summed E-state index contributed by atoms with van der Waals surface area (Å²) in [5.41, 5.74) is 18.9. The molecule has 248 valence electrons. The van der Waals surface area contributed by atoms with Gasteiger partial charge in [0.2, 0.25) is 23.6 Å². The zero-order valence-corrected chi connectivity index (χ0v) is 27.6. The van der Waals surface area contributed by atoms with Gasteiger partial charge in [0.05, 0.1) is 6.04 Å². The maximum atomic E-state index is 13.9. The first-order valence-corrected chi connectivity index (χ1v) is 16.8. The van der Waals surface area contributed by atoms with Gasteiger partial charge in [-0.25, -0.2) is 0 Å². The van der Waals surface area contributed by atoms with E-state index >= 15 is 0 Å². The highest BCUT2D eigenvalue weighted by atomic mass is 35.5. The van der Waals surface area contributed by atoms with Crippen LogP contribution in [0.3, 0.4) is 0 Å². The van der Waals surface area contributed by atoms with Crippen molar-refractivity contribution >= 4 is 57.3 Å². The number of hydrogen-bond acceptors (Lipinski definition) is 7. The Morgan fingerprint density at radius 3 is 1.96 bits per heavy atom. The van der Waals surface area contributed by atoms with Gasteiger partial charge in [-0.1, -0.05) is 78.7 Å². The van der Waals surface area contributed by atoms with E-state index in [1.165, 1.54) is 11.3 Å². The molecule has 0 bridgehead atoms. The fraction of sp³-hybridized carbons (Fsp3) is 0.314. The second kappa shape index (κ2) is 17.6. The number of amides is 4. The van der Waals surface area contributed by atoms with Gasteiger partial charge in [-0.05, 0) is 64.9 Å². The van der Waals surface area contributed by atoms with Crippen molar-refractivity contribution in [3.05, 3.63) is 105 Å². The molecule has 1 aromatic heterocycles. The summed E-state index contributed by atoms with van der Waals surface area (Å²) in [6.45, 7) is 0.487. The molecule has 0 spiro atoms. The van der Waals surface area contributed by atoms with E-state index in [1.54, 1.807) is 24.3 Å². The van der Waals surface area contributed by atoms with Crippen molar-refractivity contribution in [1.29, 1.82) is 0 Å². The molecule has 0 saturated heterocycles. The first-order valence-electron chi connectivity index (χ1n) is 15.5. The Morgan fingerprint density at radius 1 is 0.702 bits per heavy atom. The number of thiophene rings is 1. The number of carbonyl (C=O) groups is 4. The molecule has 4 aromatic rings. The number of nitrogens with one attached hydrogen (secondary N) is 3. The van der Waals surface area contributed by atoms with Crippen LogP contribution < -0.4 is 33.2 Å². The summed E-state index contributed by atoms with van der Waals surface area (Å²) in [5.74, 6) is -2.35. The van der Waals surface area contributed by atoms with Crippen LogP contribution in [0.4, 0.5) is 0 Å². The van der Waals surface area contributed by atoms with Crippen molar-refractivity contribution in [2.24, 2.45) is 17.2 Å². The largest absolute Gasteiger partial charge is 0.368 e. The summed E-state index contributed by atoms with van der Waals surface area (Å²) >= 11 is 7.52. The van der Waals surface area contributed by atoms with Crippen molar-refractivity contribution < 1.29 is 19.2 Å². The van der Waals surface area contributed by atoms with E-state index < -0.39 is 47.8 Å². The Kier molecular flexibility index (Phi) is 13.3. The maximum Gasteiger partial charge on any atom is 0.243 e. The normalized spacial score (nSPS) is 13.7. The lowest BCUT2D eigenvalue weighted by molar-refractivity contribution is -0.133. The minimum absolute atomic E-state index is 0.118. The van der Waals surface area contributed by atoms with Crippen molar-refractivity contribution in [1.82, 2.24) is 16.0 Å². The van der Waals surface area contributed by atoms with E-state index in [0.717, 1.165) is 33.2 Å². The average Bonchev–Trinajstić information content (AvgIpc) is 3.58. The van der Waals surface area contributed by atoms with Crippen LogP contribution in [0.1, 0.15) is 35.3 Å². The van der Waals surface area contributed by atoms with E-state index in [4.69, 9.17) is 28.8 Å². The van der Waals surface area contributed by atoms with Gasteiger partial charge in [-0.2, -0.15) is 0 Å². The molecule has 4 amide bonds. The van der Waals surface area contributed by atoms with Crippen LogP contribution >= 0.6 is 22.9 Å². The van der Waals surface area contributed by atoms with Crippen LogP contribution in [0.2, 0.25) is 5.02 Å². The number of fused-ring (bicyclic) bond motifs is 1. The molecular formula is C35H41ClN6O4S. The van der Waals surface area contributed by atoms with Crippen LogP contribution in [-0.4, -0.2) is 54.3 Å². The molecule has 0 aliphatic rings. The van der Waals surface area contributed by atoms with Crippen LogP contribution in [-0.2, 0) is 38.4 Å². The molecule has 3 unspecified atom stereocenters. The number of primary amides is 1. The van der Waals surface area contributed by atoms with Gasteiger partial charge in [-0.3, -0.25) is 19.2 Å². The second-order valence-electron chi connectivity index (χ2n) is 11.5. The Bertz CT molecular complexity index is 1650. The molecule has 10 nitrogen and oxygen atoms in total. The Labute approximate surface area is 283 Å². The molecule has 0 fully saturated rings. The smallest absolute Gasteiger partial charge is 0.243 e. The molecule has 47 heavy (non-hydrogen) atoms. The van der Waals surface area contributed by atoms with Gasteiger partial charge in [0.25, 0.3) is 0 Å². The van der Waals surface area contributed by atoms with Crippen molar-refractivity contribution in [3.8, 4) is 0 Å². The van der Waals surface area contributed by atoms with Crippen molar-refractivity contribution in [2.45, 2.75) is 62.7 Å². The molecule has 1 heterocycles. The lowest BCUT2D eigenvalue weighted by atomic mass is 9.99. The predicted octanol–water partition coefficient (Wildman–Crippen LogP) is 2.98. The van der Waals surface area contributed by atoms with E-state index in [1.807, 2.05) is 60.0 Å². The van der Waals surface area contributed by atoms with Crippen LogP contribution in [0, 0.1) is 0 Å². The van der Waals surface area contributed by atoms with Gasteiger partial charge in [0.15, 0.2) is 0 Å². The molecule has 4 rings (SSSR count). The summed E-state index contributed by atoms with van der Waals surface area (Å²) in [6.07, 6.45) is 2.25. The molecule has 0 aliphatic carbocycles. The molecule has 0 radical (unpaired) electrons. The quantitative estimate of drug-likeness (QED) is 0.0935. The molecule has 0 saturated carbocycles. The second-order valence-corrected chi connectivity index (χ2v) is 12.9. The summed E-state index contributed by atoms with van der Waals surface area (Å²) in [4.78, 5) is 54.1. The highest BCUT2D eigenvalue weighted by Crippen LogP contribution is 2.18. The number of hydrogen-bond donors (Lipinski definition) is 6. The Balaban J connectivity index is 1.59. The average molecular weight is 677 g/mol. The highest BCUT2D eigenvalue weighted by Gasteiger charge is 2.30. The van der Waals surface area contributed by atoms with Crippen molar-refractivity contribution in [3.63, 3.8) is 0 Å². The third-order valence-corrected chi connectivity index (χ3v) is 8.97. The van der Waals surface area contributed by atoms with Gasteiger partial charge in [-0.15, -0.1) is 11.3 Å². The van der Waals surface area contributed by atoms with E-state index in [2.05, 4.69) is 16.0 Å². The fourth-order valence-electron chi connectivity index (χ4n) is 5.19. The Hall–Kier alpha value is -4.29. The summed E-state index contributed by atoms with van der Waals surface area (Å²) < 4.78 is 0. The SMILES string of the molecule is NCCCCC(N)C(=O)NC(Cc1ccc(Cl)cc1)C(=O)NC(Cc1ccc2ccccc2c1)C(=O)N[C@@H](Cc1cccs1)C(N)=O. The monoisotopic (exact) mass is 676 g/mol. The number of nitrogens with two attached hydrogens (primary N) is 3. The zero-order valence-electron chi connectivity index (χ0n) is 26.0. The molecule has 3 aromatic carbocycles. The lowest BCUT2D eigenvalue weighted by Crippen LogP contribution is -2.58. The number of unbranched alkanes of at least 4 members (excludes halogenated alkanes) is 1. The third kappa shape index (κ3) is 10.9.